The van der Waals surface area contributed by atoms with Gasteiger partial charge in [-0.05, 0) is 25.0 Å². The Labute approximate surface area is 97.3 Å². The number of rotatable bonds is 3. The Balaban J connectivity index is 2.01. The fourth-order valence-corrected chi connectivity index (χ4v) is 2.45. The lowest BCUT2D eigenvalue weighted by Gasteiger charge is -2.35. The van der Waals surface area contributed by atoms with Crippen LogP contribution in [0.5, 0.6) is 5.75 Å². The second-order valence-electron chi connectivity index (χ2n) is 4.80. The molecule has 0 saturated heterocycles. The molecule has 88 valence electrons. The van der Waals surface area contributed by atoms with Gasteiger partial charge in [-0.25, -0.2) is 0 Å². The summed E-state index contributed by atoms with van der Waals surface area (Å²) in [5.41, 5.74) is 0. The lowest BCUT2D eigenvalue weighted by atomic mass is 9.84. The molecule has 1 atom stereocenters. The first-order valence-corrected chi connectivity index (χ1v) is 6.15. The Bertz CT molecular complexity index is 313. The standard InChI is InChI=1S/C14H20O2/c1-14(15,12-8-4-2-5-9-12)16-13-10-6-3-7-11-13/h3,6-7,10-12,15H,2,4-5,8-9H2,1H3. The van der Waals surface area contributed by atoms with Crippen LogP contribution in [0.2, 0.25) is 0 Å². The third-order valence-electron chi connectivity index (χ3n) is 3.43. The summed E-state index contributed by atoms with van der Waals surface area (Å²) in [6, 6.07) is 9.56. The maximum absolute atomic E-state index is 10.4. The highest BCUT2D eigenvalue weighted by Crippen LogP contribution is 2.34. The average molecular weight is 220 g/mol. The van der Waals surface area contributed by atoms with E-state index in [1.165, 1.54) is 19.3 Å². The minimum atomic E-state index is -1.03. The molecule has 2 rings (SSSR count). The summed E-state index contributed by atoms with van der Waals surface area (Å²) in [5.74, 6) is -0.0126. The van der Waals surface area contributed by atoms with Crippen LogP contribution < -0.4 is 4.74 Å². The van der Waals surface area contributed by atoms with Crippen molar-refractivity contribution in [1.29, 1.82) is 0 Å². The number of hydrogen-bond donors (Lipinski definition) is 1. The minimum Gasteiger partial charge on any atom is -0.463 e. The highest BCUT2D eigenvalue weighted by Gasteiger charge is 2.34. The van der Waals surface area contributed by atoms with Crippen molar-refractivity contribution >= 4 is 0 Å². The van der Waals surface area contributed by atoms with E-state index in [0.29, 0.717) is 0 Å². The zero-order valence-electron chi connectivity index (χ0n) is 9.86. The highest BCUT2D eigenvalue weighted by atomic mass is 16.6. The summed E-state index contributed by atoms with van der Waals surface area (Å²) in [6.07, 6.45) is 5.84. The van der Waals surface area contributed by atoms with E-state index >= 15 is 0 Å². The van der Waals surface area contributed by atoms with E-state index in [-0.39, 0.29) is 5.92 Å². The van der Waals surface area contributed by atoms with E-state index in [1.807, 2.05) is 30.3 Å². The molecule has 1 aliphatic rings. The first-order chi connectivity index (χ1) is 7.68. The molecule has 1 N–H and O–H groups in total. The molecule has 16 heavy (non-hydrogen) atoms. The van der Waals surface area contributed by atoms with Gasteiger partial charge in [0.2, 0.25) is 5.79 Å². The topological polar surface area (TPSA) is 29.5 Å². The predicted molar refractivity (Wildman–Crippen MR) is 64.3 cm³/mol. The fraction of sp³-hybridized carbons (Fsp3) is 0.571. The molecule has 0 radical (unpaired) electrons. The van der Waals surface area contributed by atoms with Crippen molar-refractivity contribution in [2.24, 2.45) is 5.92 Å². The second-order valence-corrected chi connectivity index (χ2v) is 4.80. The summed E-state index contributed by atoms with van der Waals surface area (Å²) >= 11 is 0. The van der Waals surface area contributed by atoms with E-state index < -0.39 is 5.79 Å². The molecule has 0 spiro atoms. The van der Waals surface area contributed by atoms with Crippen LogP contribution in [-0.2, 0) is 0 Å². The Kier molecular flexibility index (Phi) is 3.49. The predicted octanol–water partition coefficient (Wildman–Crippen LogP) is 3.35. The van der Waals surface area contributed by atoms with Gasteiger partial charge in [0.05, 0.1) is 0 Å². The van der Waals surface area contributed by atoms with Gasteiger partial charge in [-0.2, -0.15) is 0 Å². The van der Waals surface area contributed by atoms with Crippen LogP contribution in [0.1, 0.15) is 39.0 Å². The Morgan fingerprint density at radius 3 is 2.38 bits per heavy atom. The van der Waals surface area contributed by atoms with Crippen molar-refractivity contribution in [3.05, 3.63) is 30.3 Å². The molecule has 1 saturated carbocycles. The van der Waals surface area contributed by atoms with Crippen molar-refractivity contribution in [1.82, 2.24) is 0 Å². The second kappa shape index (κ2) is 4.88. The monoisotopic (exact) mass is 220 g/mol. The van der Waals surface area contributed by atoms with Gasteiger partial charge in [0.25, 0.3) is 0 Å². The maximum atomic E-state index is 10.4. The Morgan fingerprint density at radius 2 is 1.75 bits per heavy atom. The van der Waals surface area contributed by atoms with Gasteiger partial charge >= 0.3 is 0 Å². The normalized spacial score (nSPS) is 21.4. The largest absolute Gasteiger partial charge is 0.463 e. The van der Waals surface area contributed by atoms with E-state index in [2.05, 4.69) is 0 Å². The van der Waals surface area contributed by atoms with E-state index in [9.17, 15) is 5.11 Å². The summed E-state index contributed by atoms with van der Waals surface area (Å²) in [7, 11) is 0. The van der Waals surface area contributed by atoms with Crippen molar-refractivity contribution in [3.8, 4) is 5.75 Å². The van der Waals surface area contributed by atoms with Crippen molar-refractivity contribution in [2.45, 2.75) is 44.8 Å². The van der Waals surface area contributed by atoms with Gasteiger partial charge in [-0.1, -0.05) is 37.5 Å². The molecular weight excluding hydrogens is 200 g/mol. The average Bonchev–Trinajstić information content (AvgIpc) is 2.31. The van der Waals surface area contributed by atoms with Crippen molar-refractivity contribution in [3.63, 3.8) is 0 Å². The Morgan fingerprint density at radius 1 is 1.12 bits per heavy atom. The smallest absolute Gasteiger partial charge is 0.208 e. The minimum absolute atomic E-state index is 0.265. The Hall–Kier alpha value is -1.02. The van der Waals surface area contributed by atoms with Crippen LogP contribution in [-0.4, -0.2) is 10.9 Å². The molecule has 0 amide bonds. The molecule has 0 heterocycles. The third kappa shape index (κ3) is 2.76. The van der Waals surface area contributed by atoms with E-state index in [1.54, 1.807) is 6.92 Å². The SMILES string of the molecule is CC(O)(Oc1ccccc1)C1CCCCC1. The van der Waals surface area contributed by atoms with E-state index in [0.717, 1.165) is 18.6 Å². The molecule has 2 nitrogen and oxygen atoms in total. The number of aliphatic hydroxyl groups is 1. The van der Waals surface area contributed by atoms with Gasteiger partial charge in [0.15, 0.2) is 0 Å². The maximum Gasteiger partial charge on any atom is 0.208 e. The van der Waals surface area contributed by atoms with Gasteiger partial charge in [-0.3, -0.25) is 0 Å². The van der Waals surface area contributed by atoms with E-state index in [4.69, 9.17) is 4.74 Å². The third-order valence-corrected chi connectivity index (χ3v) is 3.43. The van der Waals surface area contributed by atoms with Gasteiger partial charge in [0.1, 0.15) is 5.75 Å². The number of para-hydroxylation sites is 1. The summed E-state index contributed by atoms with van der Waals surface area (Å²) in [6.45, 7) is 1.79. The van der Waals surface area contributed by atoms with Crippen LogP contribution >= 0.6 is 0 Å². The first kappa shape index (κ1) is 11.5. The number of hydrogen-bond acceptors (Lipinski definition) is 2. The molecule has 0 bridgehead atoms. The quantitative estimate of drug-likeness (QED) is 0.791. The molecule has 1 unspecified atom stereocenters. The van der Waals surface area contributed by atoms with Gasteiger partial charge in [-0.15, -0.1) is 0 Å². The lowest BCUT2D eigenvalue weighted by Crippen LogP contribution is -2.41. The number of ether oxygens (including phenoxy) is 1. The van der Waals surface area contributed by atoms with Crippen LogP contribution in [0.4, 0.5) is 0 Å². The molecule has 1 fully saturated rings. The molecule has 1 aliphatic carbocycles. The molecule has 0 aromatic heterocycles. The summed E-state index contributed by atoms with van der Waals surface area (Å²) in [4.78, 5) is 0. The summed E-state index contributed by atoms with van der Waals surface area (Å²) < 4.78 is 5.70. The zero-order chi connectivity index (χ0) is 11.4. The van der Waals surface area contributed by atoms with Crippen LogP contribution in [0.25, 0.3) is 0 Å². The summed E-state index contributed by atoms with van der Waals surface area (Å²) in [5, 5.41) is 10.4. The molecular formula is C14H20O2. The number of benzene rings is 1. The highest BCUT2D eigenvalue weighted by molar-refractivity contribution is 5.21. The van der Waals surface area contributed by atoms with Crippen LogP contribution in [0.3, 0.4) is 0 Å². The lowest BCUT2D eigenvalue weighted by molar-refractivity contribution is -0.170. The molecule has 1 aromatic rings. The molecule has 0 aliphatic heterocycles. The van der Waals surface area contributed by atoms with Gasteiger partial charge < -0.3 is 9.84 Å². The zero-order valence-corrected chi connectivity index (χ0v) is 9.86. The van der Waals surface area contributed by atoms with Gasteiger partial charge in [0, 0.05) is 12.8 Å². The first-order valence-electron chi connectivity index (χ1n) is 6.15. The van der Waals surface area contributed by atoms with Crippen LogP contribution in [0, 0.1) is 5.92 Å². The molecule has 2 heteroatoms. The van der Waals surface area contributed by atoms with Crippen molar-refractivity contribution < 1.29 is 9.84 Å². The fourth-order valence-electron chi connectivity index (χ4n) is 2.45. The van der Waals surface area contributed by atoms with Crippen molar-refractivity contribution in [2.75, 3.05) is 0 Å². The molecule has 1 aromatic carbocycles. The van der Waals surface area contributed by atoms with Crippen LogP contribution in [0.15, 0.2) is 30.3 Å².